The zero-order chi connectivity index (χ0) is 18.4. The fourth-order valence-electron chi connectivity index (χ4n) is 3.47. The molecule has 11 nitrogen and oxygen atoms in total. The van der Waals surface area contributed by atoms with Crippen molar-refractivity contribution in [3.8, 4) is 0 Å². The molecule has 4 unspecified atom stereocenters. The van der Waals surface area contributed by atoms with E-state index in [1.807, 2.05) is 11.9 Å². The number of imidazole rings is 1. The van der Waals surface area contributed by atoms with E-state index in [0.29, 0.717) is 19.0 Å². The lowest BCUT2D eigenvalue weighted by atomic mass is 10.1. The molecule has 2 aliphatic rings. The van der Waals surface area contributed by atoms with Crippen molar-refractivity contribution >= 4 is 17.1 Å². The molecule has 4 N–H and O–H groups in total. The number of aromatic amines is 1. The number of hydrogen-bond acceptors (Lipinski definition) is 9. The van der Waals surface area contributed by atoms with Gasteiger partial charge in [0.15, 0.2) is 17.4 Å². The van der Waals surface area contributed by atoms with E-state index in [1.54, 1.807) is 4.57 Å². The first kappa shape index (κ1) is 17.4. The Morgan fingerprint density at radius 2 is 2.00 bits per heavy atom. The van der Waals surface area contributed by atoms with Crippen molar-refractivity contribution in [3.05, 3.63) is 16.7 Å². The van der Waals surface area contributed by atoms with Crippen LogP contribution in [0.5, 0.6) is 0 Å². The van der Waals surface area contributed by atoms with Crippen molar-refractivity contribution in [1.29, 1.82) is 0 Å². The first-order valence-corrected chi connectivity index (χ1v) is 8.53. The molecule has 4 heterocycles. The molecular weight excluding hydrogens is 344 g/mol. The number of aliphatic hydroxyl groups excluding tert-OH is 3. The zero-order valence-electron chi connectivity index (χ0n) is 14.3. The van der Waals surface area contributed by atoms with Crippen LogP contribution in [0, 0.1) is 0 Å². The number of ether oxygens (including phenoxy) is 1. The average Bonchev–Trinajstić information content (AvgIpc) is 3.15. The molecule has 0 spiro atoms. The highest BCUT2D eigenvalue weighted by Crippen LogP contribution is 2.35. The van der Waals surface area contributed by atoms with E-state index in [-0.39, 0.29) is 11.2 Å². The van der Waals surface area contributed by atoms with E-state index in [1.165, 1.54) is 6.33 Å². The summed E-state index contributed by atoms with van der Waals surface area (Å²) < 4.78 is 7.20. The van der Waals surface area contributed by atoms with Gasteiger partial charge in [0.1, 0.15) is 18.3 Å². The first-order chi connectivity index (χ1) is 12.5. The van der Waals surface area contributed by atoms with Gasteiger partial charge in [-0.1, -0.05) is 0 Å². The first-order valence-electron chi connectivity index (χ1n) is 8.53. The maximum Gasteiger partial charge on any atom is 0.278 e. The lowest BCUT2D eigenvalue weighted by molar-refractivity contribution is -0.0505. The minimum absolute atomic E-state index is 0.138. The van der Waals surface area contributed by atoms with Crippen LogP contribution in [0.1, 0.15) is 6.23 Å². The third-order valence-electron chi connectivity index (χ3n) is 5.02. The van der Waals surface area contributed by atoms with Crippen molar-refractivity contribution in [3.63, 3.8) is 0 Å². The monoisotopic (exact) mass is 366 g/mol. The van der Waals surface area contributed by atoms with Crippen LogP contribution in [0.25, 0.3) is 11.2 Å². The van der Waals surface area contributed by atoms with Gasteiger partial charge < -0.3 is 34.8 Å². The number of aromatic nitrogens is 4. The second kappa shape index (κ2) is 6.59. The number of hydrogen-bond donors (Lipinski definition) is 4. The molecule has 2 fully saturated rings. The third-order valence-corrected chi connectivity index (χ3v) is 5.02. The van der Waals surface area contributed by atoms with Gasteiger partial charge in [0.2, 0.25) is 5.95 Å². The van der Waals surface area contributed by atoms with Crippen LogP contribution in [0.2, 0.25) is 0 Å². The number of piperazine rings is 1. The minimum atomic E-state index is -1.28. The second-order valence-corrected chi connectivity index (χ2v) is 6.70. The predicted octanol–water partition coefficient (Wildman–Crippen LogP) is -2.52. The molecular formula is C15H22N6O5. The Morgan fingerprint density at radius 1 is 1.27 bits per heavy atom. The maximum absolute atomic E-state index is 12.2. The number of rotatable bonds is 3. The zero-order valence-corrected chi connectivity index (χ0v) is 14.3. The topological polar surface area (TPSA) is 140 Å². The summed E-state index contributed by atoms with van der Waals surface area (Å²) in [6.45, 7) is 2.59. The van der Waals surface area contributed by atoms with Crippen LogP contribution in [-0.2, 0) is 4.74 Å². The molecule has 4 rings (SSSR count). The van der Waals surface area contributed by atoms with E-state index in [4.69, 9.17) is 4.74 Å². The molecule has 11 heteroatoms. The van der Waals surface area contributed by atoms with Crippen molar-refractivity contribution in [2.24, 2.45) is 0 Å². The largest absolute Gasteiger partial charge is 0.394 e. The summed E-state index contributed by atoms with van der Waals surface area (Å²) >= 11 is 0. The highest BCUT2D eigenvalue weighted by molar-refractivity contribution is 5.74. The van der Waals surface area contributed by atoms with Gasteiger partial charge in [-0.3, -0.25) is 9.36 Å². The lowest BCUT2D eigenvalue weighted by Crippen LogP contribution is -2.46. The number of fused-ring (bicyclic) bond motifs is 1. The molecule has 0 amide bonds. The molecule has 0 aliphatic carbocycles. The van der Waals surface area contributed by atoms with Gasteiger partial charge in [-0.05, 0) is 7.05 Å². The predicted molar refractivity (Wildman–Crippen MR) is 90.9 cm³/mol. The molecule has 2 saturated heterocycles. The molecule has 0 saturated carbocycles. The highest BCUT2D eigenvalue weighted by Gasteiger charge is 2.45. The van der Waals surface area contributed by atoms with Crippen LogP contribution >= 0.6 is 0 Å². The average molecular weight is 366 g/mol. The summed E-state index contributed by atoms with van der Waals surface area (Å²) in [6, 6.07) is 0. The fourth-order valence-corrected chi connectivity index (χ4v) is 3.47. The van der Waals surface area contributed by atoms with Crippen LogP contribution in [0.4, 0.5) is 5.95 Å². The summed E-state index contributed by atoms with van der Waals surface area (Å²) in [5.41, 5.74) is 0.00700. The summed E-state index contributed by atoms with van der Waals surface area (Å²) in [7, 11) is 2.03. The van der Waals surface area contributed by atoms with Gasteiger partial charge in [0.05, 0.1) is 12.9 Å². The smallest absolute Gasteiger partial charge is 0.278 e. The van der Waals surface area contributed by atoms with Crippen molar-refractivity contribution in [2.75, 3.05) is 44.7 Å². The Morgan fingerprint density at radius 3 is 2.65 bits per heavy atom. The van der Waals surface area contributed by atoms with E-state index in [2.05, 4.69) is 19.9 Å². The normalized spacial score (nSPS) is 30.4. The number of anilines is 1. The molecule has 2 aliphatic heterocycles. The van der Waals surface area contributed by atoms with Gasteiger partial charge in [0, 0.05) is 26.2 Å². The Hall–Kier alpha value is -2.05. The Labute approximate surface area is 148 Å². The fraction of sp³-hybridized carbons (Fsp3) is 0.667. The van der Waals surface area contributed by atoms with Gasteiger partial charge in [-0.2, -0.15) is 0 Å². The number of H-pyrrole nitrogens is 1. The van der Waals surface area contributed by atoms with Crippen LogP contribution in [0.3, 0.4) is 0 Å². The Balaban J connectivity index is 1.83. The van der Waals surface area contributed by atoms with Gasteiger partial charge in [-0.15, -0.1) is 0 Å². The summed E-state index contributed by atoms with van der Waals surface area (Å²) in [6.07, 6.45) is -3.19. The molecule has 0 radical (unpaired) electrons. The van der Waals surface area contributed by atoms with Gasteiger partial charge in [0.25, 0.3) is 5.56 Å². The molecule has 26 heavy (non-hydrogen) atoms. The number of nitrogens with one attached hydrogen (secondary N) is 1. The van der Waals surface area contributed by atoms with E-state index < -0.39 is 36.7 Å². The summed E-state index contributed by atoms with van der Waals surface area (Å²) in [5, 5.41) is 29.9. The highest BCUT2D eigenvalue weighted by atomic mass is 16.6. The molecule has 0 bridgehead atoms. The SMILES string of the molecule is CN1CCN(c2nc3c(=O)[nH]cnc3n2C2OC(CO)C(O)C2O)CC1. The number of aliphatic hydroxyl groups is 3. The number of likely N-dealkylation sites (N-methyl/N-ethyl adjacent to an activating group) is 1. The third kappa shape index (κ3) is 2.68. The van der Waals surface area contributed by atoms with E-state index in [9.17, 15) is 20.1 Å². The number of nitrogens with zero attached hydrogens (tertiary/aromatic N) is 5. The van der Waals surface area contributed by atoms with Crippen LogP contribution in [0.15, 0.2) is 11.1 Å². The molecule has 142 valence electrons. The molecule has 0 aromatic carbocycles. The lowest BCUT2D eigenvalue weighted by Gasteiger charge is -2.34. The quantitative estimate of drug-likeness (QED) is 0.463. The Kier molecular flexibility index (Phi) is 4.40. The van der Waals surface area contributed by atoms with Crippen LogP contribution in [-0.4, -0.2) is 97.9 Å². The summed E-state index contributed by atoms with van der Waals surface area (Å²) in [4.78, 5) is 27.5. The maximum atomic E-state index is 12.2. The van der Waals surface area contributed by atoms with E-state index in [0.717, 1.165) is 13.1 Å². The van der Waals surface area contributed by atoms with Crippen molar-refractivity contribution in [1.82, 2.24) is 24.4 Å². The molecule has 4 atom stereocenters. The van der Waals surface area contributed by atoms with Gasteiger partial charge in [-0.25, -0.2) is 9.97 Å². The minimum Gasteiger partial charge on any atom is -0.394 e. The van der Waals surface area contributed by atoms with Crippen molar-refractivity contribution in [2.45, 2.75) is 24.5 Å². The van der Waals surface area contributed by atoms with Crippen LogP contribution < -0.4 is 10.5 Å². The molecule has 2 aromatic heterocycles. The standard InChI is InChI=1S/C15H22N6O5/c1-19-2-4-20(5-3-19)15-18-9-12(16-7-17-13(9)25)21(15)14-11(24)10(23)8(6-22)26-14/h7-8,10-11,14,22-24H,2-6H2,1H3,(H,16,17,25). The van der Waals surface area contributed by atoms with E-state index >= 15 is 0 Å². The molecule has 2 aromatic rings. The Bertz CT molecular complexity index is 845. The summed E-state index contributed by atoms with van der Waals surface area (Å²) in [5.74, 6) is 0.451. The van der Waals surface area contributed by atoms with Crippen molar-refractivity contribution < 1.29 is 20.1 Å². The van der Waals surface area contributed by atoms with Gasteiger partial charge >= 0.3 is 0 Å². The second-order valence-electron chi connectivity index (χ2n) is 6.70.